The summed E-state index contributed by atoms with van der Waals surface area (Å²) in [7, 11) is 0. The molecule has 0 saturated heterocycles. The lowest BCUT2D eigenvalue weighted by Crippen LogP contribution is -2.62. The normalized spacial score (nSPS) is 20.2. The van der Waals surface area contributed by atoms with Crippen LogP contribution in [0.15, 0.2) is 0 Å². The van der Waals surface area contributed by atoms with Crippen LogP contribution in [0, 0.1) is 0 Å². The largest absolute Gasteiger partial charge is 0.394 e. The van der Waals surface area contributed by atoms with Crippen molar-refractivity contribution >= 4 is 0 Å². The van der Waals surface area contributed by atoms with Crippen molar-refractivity contribution in [2.45, 2.75) is 30.9 Å². The number of hydrogen-bond donors (Lipinski definition) is 6. The second-order valence-corrected chi connectivity index (χ2v) is 3.05. The second kappa shape index (κ2) is 4.13. The van der Waals surface area contributed by atoms with Crippen LogP contribution in [-0.4, -0.2) is 51.0 Å². The summed E-state index contributed by atoms with van der Waals surface area (Å²) < 4.78 is 0. The maximum atomic E-state index is 9.18. The molecular weight excluding hydrogens is 164 g/mol. The average Bonchev–Trinajstić information content (AvgIpc) is 1.98. The number of hydrogen-bond acceptors (Lipinski definition) is 6. The van der Waals surface area contributed by atoms with Gasteiger partial charge in [0.2, 0.25) is 0 Å². The van der Waals surface area contributed by atoms with Crippen LogP contribution in [0.25, 0.3) is 0 Å². The topological polar surface area (TPSA) is 133 Å². The Bertz CT molecular complexity index is 136. The second-order valence-electron chi connectivity index (χ2n) is 3.05. The predicted octanol–water partition coefficient (Wildman–Crippen LogP) is -3.30. The van der Waals surface area contributed by atoms with Crippen LogP contribution < -0.4 is 11.5 Å². The molecule has 0 aromatic heterocycles. The first-order chi connectivity index (χ1) is 5.30. The molecule has 6 heteroatoms. The lowest BCUT2D eigenvalue weighted by Gasteiger charge is -2.31. The van der Waals surface area contributed by atoms with Gasteiger partial charge in [0, 0.05) is 0 Å². The van der Waals surface area contributed by atoms with Crippen molar-refractivity contribution in [1.82, 2.24) is 0 Å². The van der Waals surface area contributed by atoms with Crippen molar-refractivity contribution in [2.75, 3.05) is 6.61 Å². The van der Waals surface area contributed by atoms with Gasteiger partial charge in [-0.25, -0.2) is 0 Å². The van der Waals surface area contributed by atoms with E-state index in [4.69, 9.17) is 26.8 Å². The van der Waals surface area contributed by atoms with E-state index >= 15 is 0 Å². The van der Waals surface area contributed by atoms with Gasteiger partial charge in [-0.3, -0.25) is 0 Å². The van der Waals surface area contributed by atoms with Crippen molar-refractivity contribution < 1.29 is 20.4 Å². The van der Waals surface area contributed by atoms with Crippen molar-refractivity contribution in [2.24, 2.45) is 11.5 Å². The summed E-state index contributed by atoms with van der Waals surface area (Å²) in [6.45, 7) is 0.638. The van der Waals surface area contributed by atoms with Gasteiger partial charge >= 0.3 is 0 Å². The van der Waals surface area contributed by atoms with Crippen LogP contribution in [0.4, 0.5) is 0 Å². The maximum absolute atomic E-state index is 9.18. The summed E-state index contributed by atoms with van der Waals surface area (Å²) in [4.78, 5) is 0. The Hall–Kier alpha value is -0.240. The quantitative estimate of drug-likeness (QED) is 0.251. The highest BCUT2D eigenvalue weighted by atomic mass is 16.4. The van der Waals surface area contributed by atoms with Gasteiger partial charge in [0.05, 0.1) is 12.3 Å². The van der Waals surface area contributed by atoms with Crippen LogP contribution in [-0.2, 0) is 0 Å². The van der Waals surface area contributed by atoms with E-state index in [2.05, 4.69) is 0 Å². The molecule has 74 valence electrons. The van der Waals surface area contributed by atoms with Crippen molar-refractivity contribution in [3.63, 3.8) is 0 Å². The minimum absolute atomic E-state index is 0.658. The summed E-state index contributed by atoms with van der Waals surface area (Å²) in [5.41, 5.74) is 8.99. The minimum atomic E-state index is -1.55. The fourth-order valence-electron chi connectivity index (χ4n) is 0.686. The molecule has 8 N–H and O–H groups in total. The van der Waals surface area contributed by atoms with Crippen molar-refractivity contribution in [3.05, 3.63) is 0 Å². The molecule has 0 saturated carbocycles. The smallest absolute Gasteiger partial charge is 0.113 e. The summed E-state index contributed by atoms with van der Waals surface area (Å²) in [5.74, 6) is 0. The molecular formula is C6H16N2O4. The third-order valence-electron chi connectivity index (χ3n) is 1.54. The highest BCUT2D eigenvalue weighted by molar-refractivity contribution is 4.88. The first-order valence-electron chi connectivity index (χ1n) is 3.53. The number of nitrogens with two attached hydrogens (primary N) is 2. The number of rotatable bonds is 4. The Morgan fingerprint density at radius 1 is 1.25 bits per heavy atom. The Balaban J connectivity index is 4.19. The van der Waals surface area contributed by atoms with Gasteiger partial charge in [-0.05, 0) is 6.92 Å². The minimum Gasteiger partial charge on any atom is -0.394 e. The van der Waals surface area contributed by atoms with Gasteiger partial charge in [0.1, 0.15) is 18.3 Å². The van der Waals surface area contributed by atoms with Crippen LogP contribution in [0.2, 0.25) is 0 Å². The fraction of sp³-hybridized carbons (Fsp3) is 1.00. The maximum Gasteiger partial charge on any atom is 0.113 e. The summed E-state index contributed by atoms with van der Waals surface area (Å²) >= 11 is 0. The standard InChI is InChI=1S/C6H16N2O4/c1-6(7,8)5(12)4(11)3(10)2-9/h3-5,9-12H,2,7-8H2,1H3/t3-,4-,5+/m1/s1. The highest BCUT2D eigenvalue weighted by Crippen LogP contribution is 2.07. The van der Waals surface area contributed by atoms with E-state index in [9.17, 15) is 5.11 Å². The Labute approximate surface area is 70.4 Å². The summed E-state index contributed by atoms with van der Waals surface area (Å²) in [6.07, 6.45) is -4.47. The van der Waals surface area contributed by atoms with Gasteiger partial charge in [-0.15, -0.1) is 0 Å². The molecule has 0 aliphatic carbocycles. The number of aliphatic hydroxyl groups is 4. The van der Waals surface area contributed by atoms with E-state index in [1.165, 1.54) is 6.92 Å². The van der Waals surface area contributed by atoms with E-state index in [1.807, 2.05) is 0 Å². The van der Waals surface area contributed by atoms with Gasteiger partial charge in [-0.1, -0.05) is 0 Å². The van der Waals surface area contributed by atoms with E-state index in [-0.39, 0.29) is 0 Å². The molecule has 3 atom stereocenters. The summed E-state index contributed by atoms with van der Waals surface area (Å²) in [5, 5.41) is 35.6. The van der Waals surface area contributed by atoms with E-state index in [1.54, 1.807) is 0 Å². The molecule has 0 unspecified atom stereocenters. The molecule has 0 heterocycles. The molecule has 0 rings (SSSR count). The third-order valence-corrected chi connectivity index (χ3v) is 1.54. The molecule has 0 aliphatic heterocycles. The lowest BCUT2D eigenvalue weighted by atomic mass is 9.98. The third kappa shape index (κ3) is 3.02. The fourth-order valence-corrected chi connectivity index (χ4v) is 0.686. The number of aliphatic hydroxyl groups excluding tert-OH is 4. The SMILES string of the molecule is CC(N)(N)[C@@H](O)[C@H](O)[C@H](O)CO. The van der Waals surface area contributed by atoms with Crippen molar-refractivity contribution in [1.29, 1.82) is 0 Å². The molecule has 0 fully saturated rings. The zero-order valence-corrected chi connectivity index (χ0v) is 6.88. The first kappa shape index (κ1) is 11.8. The Kier molecular flexibility index (Phi) is 4.04. The highest BCUT2D eigenvalue weighted by Gasteiger charge is 2.34. The molecule has 0 bridgehead atoms. The van der Waals surface area contributed by atoms with Crippen LogP contribution in [0.1, 0.15) is 6.92 Å². The summed E-state index contributed by atoms with van der Waals surface area (Å²) in [6, 6.07) is 0. The van der Waals surface area contributed by atoms with Gasteiger partial charge < -0.3 is 31.9 Å². The monoisotopic (exact) mass is 180 g/mol. The van der Waals surface area contributed by atoms with Gasteiger partial charge in [0.15, 0.2) is 0 Å². The predicted molar refractivity (Wildman–Crippen MR) is 41.9 cm³/mol. The molecule has 0 spiro atoms. The molecule has 12 heavy (non-hydrogen) atoms. The van der Waals surface area contributed by atoms with E-state index in [0.29, 0.717) is 0 Å². The zero-order valence-electron chi connectivity index (χ0n) is 6.88. The lowest BCUT2D eigenvalue weighted by molar-refractivity contribution is -0.0970. The van der Waals surface area contributed by atoms with Crippen LogP contribution in [0.3, 0.4) is 0 Å². The molecule has 6 nitrogen and oxygen atoms in total. The molecule has 0 aromatic carbocycles. The first-order valence-corrected chi connectivity index (χ1v) is 3.53. The van der Waals surface area contributed by atoms with Crippen LogP contribution >= 0.6 is 0 Å². The molecule has 0 radical (unpaired) electrons. The molecule has 0 aromatic rings. The van der Waals surface area contributed by atoms with Crippen LogP contribution in [0.5, 0.6) is 0 Å². The zero-order chi connectivity index (χ0) is 9.94. The molecule has 0 amide bonds. The Morgan fingerprint density at radius 3 is 1.92 bits per heavy atom. The van der Waals surface area contributed by atoms with Gasteiger partial charge in [-0.2, -0.15) is 0 Å². The van der Waals surface area contributed by atoms with E-state index < -0.39 is 30.6 Å². The molecule has 0 aliphatic rings. The Morgan fingerprint density at radius 2 is 1.67 bits per heavy atom. The average molecular weight is 180 g/mol. The van der Waals surface area contributed by atoms with E-state index in [0.717, 1.165) is 0 Å². The van der Waals surface area contributed by atoms with Gasteiger partial charge in [0.25, 0.3) is 0 Å². The van der Waals surface area contributed by atoms with Crippen molar-refractivity contribution in [3.8, 4) is 0 Å².